The first-order valence-corrected chi connectivity index (χ1v) is 26.3. The summed E-state index contributed by atoms with van der Waals surface area (Å²) in [6, 6.07) is -14.0. The molecule has 3 rings (SSSR count). The number of nitrogens with two attached hydrogens (primary N) is 2. The molecule has 0 saturated carbocycles. The van der Waals surface area contributed by atoms with Gasteiger partial charge in [0.15, 0.2) is 0 Å². The number of carbonyl (C=O) groups excluding carboxylic acids is 11. The number of fused-ring (bicyclic) bond motifs is 2. The zero-order chi connectivity index (χ0) is 53.1. The van der Waals surface area contributed by atoms with E-state index in [9.17, 15) is 68.1 Å². The van der Waals surface area contributed by atoms with E-state index >= 15 is 0 Å². The number of amides is 10. The number of hydrogen-bond donors (Lipinski definition) is 12. The number of quaternary nitrogens is 1. The second-order valence-corrected chi connectivity index (χ2v) is 21.0. The number of nitrogens with one attached hydrogen (secondary N) is 7. The molecule has 400 valence electrons. The van der Waals surface area contributed by atoms with E-state index in [1.807, 2.05) is 0 Å². The van der Waals surface area contributed by atoms with Crippen molar-refractivity contribution in [3.63, 3.8) is 0 Å². The summed E-state index contributed by atoms with van der Waals surface area (Å²) in [5, 5.41) is 49.2. The van der Waals surface area contributed by atoms with Gasteiger partial charge in [-0.25, -0.2) is 0 Å². The largest absolute Gasteiger partial charge is 0.550 e. The Morgan fingerprint density at radius 1 is 0.761 bits per heavy atom. The molecule has 0 aliphatic carbocycles. The van der Waals surface area contributed by atoms with E-state index in [-0.39, 0.29) is 56.2 Å². The van der Waals surface area contributed by atoms with E-state index in [4.69, 9.17) is 11.5 Å². The molecule has 0 aromatic rings. The van der Waals surface area contributed by atoms with Crippen LogP contribution in [0.3, 0.4) is 0 Å². The van der Waals surface area contributed by atoms with Gasteiger partial charge >= 0.3 is 0 Å². The minimum absolute atomic E-state index is 0.0129. The Kier molecular flexibility index (Phi) is 24.8. The van der Waals surface area contributed by atoms with Crippen molar-refractivity contribution in [1.29, 1.82) is 0 Å². The highest BCUT2D eigenvalue weighted by Gasteiger charge is 2.43. The molecule has 0 unspecified atom stereocenters. The maximum Gasteiger partial charge on any atom is 0.246 e. The van der Waals surface area contributed by atoms with Crippen molar-refractivity contribution in [3.8, 4) is 0 Å². The van der Waals surface area contributed by atoms with Crippen molar-refractivity contribution in [3.05, 3.63) is 0 Å². The van der Waals surface area contributed by atoms with Crippen LogP contribution >= 0.6 is 21.6 Å². The van der Waals surface area contributed by atoms with Crippen molar-refractivity contribution < 1.29 is 73.8 Å². The molecule has 16 N–H and O–H groups in total. The van der Waals surface area contributed by atoms with Crippen molar-refractivity contribution in [1.82, 2.24) is 47.0 Å². The lowest BCUT2D eigenvalue weighted by molar-refractivity contribution is -0.368. The Hall–Kier alpha value is -5.29. The minimum atomic E-state index is -1.83. The zero-order valence-electron chi connectivity index (χ0n) is 40.6. The van der Waals surface area contributed by atoms with Crippen LogP contribution in [-0.2, 0) is 52.7 Å². The first-order valence-electron chi connectivity index (χ1n) is 23.8. The van der Waals surface area contributed by atoms with Crippen LogP contribution in [0.25, 0.3) is 0 Å². The molecule has 26 nitrogen and oxygen atoms in total. The van der Waals surface area contributed by atoms with Crippen molar-refractivity contribution in [2.45, 2.75) is 146 Å². The molecule has 10 atom stereocenters. The average Bonchev–Trinajstić information content (AvgIpc) is 4.02. The Balaban J connectivity index is 2.10. The number of hydrogen-bond acceptors (Lipinski definition) is 17. The molecule has 28 heteroatoms. The van der Waals surface area contributed by atoms with Crippen molar-refractivity contribution in [2.24, 2.45) is 23.3 Å². The molecule has 0 aromatic heterocycles. The molecule has 3 aliphatic rings. The van der Waals surface area contributed by atoms with E-state index < -0.39 is 151 Å². The van der Waals surface area contributed by atoms with Gasteiger partial charge in [-0.2, -0.15) is 0 Å². The molecule has 0 radical (unpaired) electrons. The van der Waals surface area contributed by atoms with Gasteiger partial charge in [0.25, 0.3) is 0 Å². The maximum absolute atomic E-state index is 14.6. The lowest BCUT2D eigenvalue weighted by atomic mass is 10.00. The summed E-state index contributed by atoms with van der Waals surface area (Å²) >= 11 is 0. The van der Waals surface area contributed by atoms with E-state index in [1.54, 1.807) is 27.7 Å². The van der Waals surface area contributed by atoms with Crippen LogP contribution < -0.4 is 59.5 Å². The number of unbranched alkanes of at least 4 members (excludes halogenated alkanes) is 1. The number of nitrogens with zero attached hydrogens (tertiary/aromatic N) is 2. The predicted molar refractivity (Wildman–Crippen MR) is 255 cm³/mol. The molecule has 0 spiro atoms. The lowest BCUT2D eigenvalue weighted by Gasteiger charge is -2.33. The Bertz CT molecular complexity index is 1930. The highest BCUT2D eigenvalue weighted by molar-refractivity contribution is 8.76. The molecular formula is C43H72N12O14S2. The summed E-state index contributed by atoms with van der Waals surface area (Å²) in [5.41, 5.74) is 15.1. The number of rotatable bonds is 16. The van der Waals surface area contributed by atoms with Crippen LogP contribution in [0.15, 0.2) is 0 Å². The SMILES string of the molecule is CC(C)C[C@@H]1NC(=O)[C@@H]2CCCN2C(=O)[C@@H](NC(=O)[C@H](CCCC[NH3+])NC(=O)[C@@H](N)CO)CSSC[C@@H](C(N)=O)NC(=O)[C@H](CO)NC(=O)[C@@H]2CCCN2C(=O)[C@H](C(C)C)NC(=O)[C@H](CC(=O)[O-])NC1=O. The third-order valence-corrected chi connectivity index (χ3v) is 14.5. The average molecular weight is 1050 g/mol. The van der Waals surface area contributed by atoms with Gasteiger partial charge in [-0.05, 0) is 63.2 Å². The lowest BCUT2D eigenvalue weighted by Crippen LogP contribution is -2.61. The van der Waals surface area contributed by atoms with E-state index in [1.165, 1.54) is 9.80 Å². The molecule has 3 fully saturated rings. The summed E-state index contributed by atoms with van der Waals surface area (Å²) in [6.07, 6.45) is 0.915. The van der Waals surface area contributed by atoms with Crippen molar-refractivity contribution in [2.75, 3.05) is 44.4 Å². The predicted octanol–water partition coefficient (Wildman–Crippen LogP) is -7.19. The Morgan fingerprint density at radius 3 is 1.85 bits per heavy atom. The van der Waals surface area contributed by atoms with Crippen LogP contribution in [0.1, 0.15) is 85.5 Å². The summed E-state index contributed by atoms with van der Waals surface area (Å²) in [6.45, 7) is 5.58. The van der Waals surface area contributed by atoms with Gasteiger partial charge in [0.05, 0.1) is 19.8 Å². The molecule has 3 aliphatic heterocycles. The fourth-order valence-electron chi connectivity index (χ4n) is 8.14. The summed E-state index contributed by atoms with van der Waals surface area (Å²) < 4.78 is 0. The summed E-state index contributed by atoms with van der Waals surface area (Å²) in [4.78, 5) is 152. The molecular weight excluding hydrogens is 973 g/mol. The molecule has 3 heterocycles. The second-order valence-electron chi connectivity index (χ2n) is 18.5. The number of aliphatic hydroxyl groups is 2. The van der Waals surface area contributed by atoms with Gasteiger partial charge in [0, 0.05) is 37.0 Å². The number of aliphatic hydroxyl groups excluding tert-OH is 2. The Morgan fingerprint density at radius 2 is 1.31 bits per heavy atom. The van der Waals surface area contributed by atoms with Gasteiger partial charge in [-0.3, -0.25) is 47.9 Å². The second kappa shape index (κ2) is 29.3. The van der Waals surface area contributed by atoms with E-state index in [0.29, 0.717) is 32.2 Å². The third-order valence-electron chi connectivity index (χ3n) is 12.1. The van der Waals surface area contributed by atoms with Crippen LogP contribution in [0.2, 0.25) is 0 Å². The maximum atomic E-state index is 14.6. The Labute approximate surface area is 419 Å². The highest BCUT2D eigenvalue weighted by atomic mass is 33.1. The van der Waals surface area contributed by atoms with Crippen LogP contribution in [0.4, 0.5) is 0 Å². The molecule has 0 bridgehead atoms. The first kappa shape index (κ1) is 60.0. The number of carboxylic acids is 1. The van der Waals surface area contributed by atoms with Crippen molar-refractivity contribution >= 4 is 86.6 Å². The number of primary amides is 1. The molecule has 10 amide bonds. The van der Waals surface area contributed by atoms with Gasteiger partial charge in [0.1, 0.15) is 60.4 Å². The molecule has 0 aromatic carbocycles. The van der Waals surface area contributed by atoms with Gasteiger partial charge in [-0.15, -0.1) is 0 Å². The summed E-state index contributed by atoms with van der Waals surface area (Å²) in [5.74, 6) is -11.9. The van der Waals surface area contributed by atoms with Gasteiger partial charge in [-0.1, -0.05) is 49.3 Å². The highest BCUT2D eigenvalue weighted by Crippen LogP contribution is 2.27. The standard InChI is InChI=1S/C43H72N12O14S2/c1-21(2)15-25-37(63)48-26(16-32(58)59)38(64)53-33(22(3)4)43(69)55-14-8-11-31(55)41(67)50-27(18-57)39(65)51-28(34(46)60)19-70-71-20-29(42(68)54-13-7-10-30(54)40(66)49-25)52-36(62)24(9-5-6-12-44)47-35(61)23(45)17-56/h21-31,33,56-57H,5-20,44-45H2,1-4H3,(H2,46,60)(H,47,61)(H,48,63)(H,49,66)(H,50,67)(H,51,65)(H,52,62)(H,53,64)(H,58,59)/t23-,24-,25-,26-,27-,28-,29-,30-,31-,33-/m0/s1. The monoisotopic (exact) mass is 1040 g/mol. The van der Waals surface area contributed by atoms with Crippen LogP contribution in [0, 0.1) is 11.8 Å². The minimum Gasteiger partial charge on any atom is -0.550 e. The fourth-order valence-corrected chi connectivity index (χ4v) is 10.5. The zero-order valence-corrected chi connectivity index (χ0v) is 42.2. The van der Waals surface area contributed by atoms with E-state index in [0.717, 1.165) is 21.6 Å². The van der Waals surface area contributed by atoms with Gasteiger partial charge in [0.2, 0.25) is 59.1 Å². The number of aliphatic carboxylic acids is 1. The first-order chi connectivity index (χ1) is 33.5. The van der Waals surface area contributed by atoms with Crippen LogP contribution in [-0.4, -0.2) is 190 Å². The van der Waals surface area contributed by atoms with E-state index in [2.05, 4.69) is 43.0 Å². The van der Waals surface area contributed by atoms with Crippen LogP contribution in [0.5, 0.6) is 0 Å². The number of carboxylic acid groups (broad SMARTS) is 1. The third kappa shape index (κ3) is 18.1. The number of carbonyl (C=O) groups is 11. The molecule has 71 heavy (non-hydrogen) atoms. The normalized spacial score (nSPS) is 26.8. The van der Waals surface area contributed by atoms with Gasteiger partial charge < -0.3 is 84.3 Å². The quantitative estimate of drug-likeness (QED) is 0.0505. The smallest absolute Gasteiger partial charge is 0.246 e. The topological polar surface area (TPSA) is 422 Å². The fraction of sp³-hybridized carbons (Fsp3) is 0.744. The summed E-state index contributed by atoms with van der Waals surface area (Å²) in [7, 11) is 1.93. The molecule has 3 saturated heterocycles.